The molecule has 0 aromatic rings. The van der Waals surface area contributed by atoms with E-state index in [0.717, 1.165) is 32.1 Å². The van der Waals surface area contributed by atoms with E-state index in [1.807, 2.05) is 0 Å². The quantitative estimate of drug-likeness (QED) is 0.0473. The number of carbonyl (C=O) groups is 1. The lowest BCUT2D eigenvalue weighted by atomic mass is 9.97. The first-order valence-corrected chi connectivity index (χ1v) is 11.9. The Morgan fingerprint density at radius 2 is 1.29 bits per heavy atom. The van der Waals surface area contributed by atoms with Crippen molar-refractivity contribution in [1.82, 2.24) is 5.43 Å². The molecule has 0 aromatic heterocycles. The van der Waals surface area contributed by atoms with Gasteiger partial charge in [-0.1, -0.05) is 25.7 Å². The highest BCUT2D eigenvalue weighted by atomic mass is 16.8. The van der Waals surface area contributed by atoms with Crippen molar-refractivity contribution < 1.29 is 59.5 Å². The Morgan fingerprint density at radius 1 is 0.743 bits per heavy atom. The molecule has 2 saturated heterocycles. The molecule has 10 atom stereocenters. The fourth-order valence-electron chi connectivity index (χ4n) is 4.04. The van der Waals surface area contributed by atoms with E-state index in [0.29, 0.717) is 12.8 Å². The Kier molecular flexibility index (Phi) is 13.2. The second-order valence-corrected chi connectivity index (χ2v) is 8.81. The van der Waals surface area contributed by atoms with Crippen LogP contribution in [0.4, 0.5) is 0 Å². The molecule has 0 saturated carbocycles. The number of ether oxygens (including phenoxy) is 4. The number of unbranched alkanes of at least 4 members (excludes halogenated alkanes) is 5. The molecule has 2 aliphatic rings. The zero-order valence-electron chi connectivity index (χ0n) is 19.6. The van der Waals surface area contributed by atoms with E-state index in [1.54, 1.807) is 0 Å². The summed E-state index contributed by atoms with van der Waals surface area (Å²) >= 11 is 0. The van der Waals surface area contributed by atoms with Crippen LogP contribution >= 0.6 is 0 Å². The van der Waals surface area contributed by atoms with Crippen molar-refractivity contribution in [2.45, 2.75) is 106 Å². The normalized spacial score (nSPS) is 37.8. The molecule has 0 aliphatic carbocycles. The highest BCUT2D eigenvalue weighted by Gasteiger charge is 2.50. The maximum absolute atomic E-state index is 11.1. The van der Waals surface area contributed by atoms with E-state index in [2.05, 4.69) is 5.43 Å². The molecule has 14 nitrogen and oxygen atoms in total. The molecular formula is C21H40N2O12. The van der Waals surface area contributed by atoms with Crippen LogP contribution in [0.25, 0.3) is 0 Å². The number of rotatable bonds is 14. The Hall–Kier alpha value is -1.01. The van der Waals surface area contributed by atoms with Gasteiger partial charge in [0.2, 0.25) is 5.91 Å². The second kappa shape index (κ2) is 15.3. The predicted octanol–water partition coefficient (Wildman–Crippen LogP) is -3.65. The molecule has 2 heterocycles. The topological polar surface area (TPSA) is 234 Å². The van der Waals surface area contributed by atoms with E-state index in [4.69, 9.17) is 24.8 Å². The molecule has 2 fully saturated rings. The highest BCUT2D eigenvalue weighted by Crippen LogP contribution is 2.29. The number of hydrogen-bond acceptors (Lipinski definition) is 13. The van der Waals surface area contributed by atoms with Crippen LogP contribution in [0, 0.1) is 0 Å². The lowest BCUT2D eigenvalue weighted by molar-refractivity contribution is -0.367. The molecule has 10 N–H and O–H groups in total. The van der Waals surface area contributed by atoms with Crippen LogP contribution in [0.5, 0.6) is 0 Å². The molecule has 0 spiro atoms. The minimum Gasteiger partial charge on any atom is -0.394 e. The first-order chi connectivity index (χ1) is 16.7. The first-order valence-electron chi connectivity index (χ1n) is 11.9. The van der Waals surface area contributed by atoms with E-state index >= 15 is 0 Å². The molecule has 1 amide bonds. The summed E-state index contributed by atoms with van der Waals surface area (Å²) in [5, 5.41) is 69.8. The number of amides is 1. The summed E-state index contributed by atoms with van der Waals surface area (Å²) in [7, 11) is 0. The molecule has 35 heavy (non-hydrogen) atoms. The third kappa shape index (κ3) is 8.52. The SMILES string of the molecule is NNC(=O)CCCCCCCCO[C@H]1O[C@H](CO)[C@@H](O)[C@H](O)[C@@H]1O[C@@H]1O[C@H](CO)[C@@H](O)[C@H](O)[C@@H]1O. The van der Waals surface area contributed by atoms with Gasteiger partial charge in [-0.05, 0) is 12.8 Å². The molecule has 0 bridgehead atoms. The zero-order chi connectivity index (χ0) is 26.0. The molecule has 2 aliphatic heterocycles. The van der Waals surface area contributed by atoms with Crippen molar-refractivity contribution in [2.24, 2.45) is 5.84 Å². The second-order valence-electron chi connectivity index (χ2n) is 8.81. The van der Waals surface area contributed by atoms with E-state index in [9.17, 15) is 40.5 Å². The fourth-order valence-corrected chi connectivity index (χ4v) is 4.04. The van der Waals surface area contributed by atoms with Gasteiger partial charge in [-0.2, -0.15) is 0 Å². The molecule has 0 aromatic carbocycles. The molecule has 206 valence electrons. The van der Waals surface area contributed by atoms with Crippen molar-refractivity contribution >= 4 is 5.91 Å². The number of aliphatic hydroxyl groups is 7. The average molecular weight is 513 g/mol. The molecule has 0 unspecified atom stereocenters. The van der Waals surface area contributed by atoms with Crippen LogP contribution < -0.4 is 11.3 Å². The summed E-state index contributed by atoms with van der Waals surface area (Å²) in [5.74, 6) is 4.83. The van der Waals surface area contributed by atoms with Crippen LogP contribution in [-0.4, -0.2) is 123 Å². The number of nitrogens with two attached hydrogens (primary N) is 1. The first kappa shape index (κ1) is 30.2. The standard InChI is InChI=1S/C21H40N2O12/c22-23-13(26)7-5-3-1-2-4-6-8-32-21-19(17(30)15(28)12(10-25)34-21)35-20-18(31)16(29)14(27)11(9-24)33-20/h11-12,14-21,24-25,27-31H,1-10,22H2,(H,23,26)/t11-,12-,14-,15-,16+,17+,18+,19+,20+,21+/m1/s1. The average Bonchev–Trinajstić information content (AvgIpc) is 2.86. The van der Waals surface area contributed by atoms with Gasteiger partial charge in [-0.25, -0.2) is 5.84 Å². The third-order valence-corrected chi connectivity index (χ3v) is 6.21. The van der Waals surface area contributed by atoms with E-state index < -0.39 is 74.6 Å². The highest BCUT2D eigenvalue weighted by molar-refractivity contribution is 5.75. The number of aliphatic hydroxyl groups excluding tert-OH is 7. The lowest BCUT2D eigenvalue weighted by Gasteiger charge is -2.45. The fraction of sp³-hybridized carbons (Fsp3) is 0.952. The Bertz CT molecular complexity index is 615. The number of hydrogen-bond donors (Lipinski definition) is 9. The van der Waals surface area contributed by atoms with Crippen molar-refractivity contribution in [3.8, 4) is 0 Å². The van der Waals surface area contributed by atoms with Gasteiger partial charge in [0, 0.05) is 13.0 Å². The van der Waals surface area contributed by atoms with E-state index in [-0.39, 0.29) is 12.5 Å². The predicted molar refractivity (Wildman–Crippen MR) is 117 cm³/mol. The smallest absolute Gasteiger partial charge is 0.233 e. The van der Waals surface area contributed by atoms with Gasteiger partial charge in [0.1, 0.15) is 48.8 Å². The Morgan fingerprint density at radius 3 is 1.89 bits per heavy atom. The van der Waals surface area contributed by atoms with Gasteiger partial charge in [0.15, 0.2) is 12.6 Å². The summed E-state index contributed by atoms with van der Waals surface area (Å²) in [6.07, 6.45) is -9.36. The summed E-state index contributed by atoms with van der Waals surface area (Å²) in [4.78, 5) is 11.1. The minimum absolute atomic E-state index is 0.195. The molecule has 2 rings (SSSR count). The minimum atomic E-state index is -1.72. The molecule has 0 radical (unpaired) electrons. The van der Waals surface area contributed by atoms with E-state index in [1.165, 1.54) is 0 Å². The van der Waals surface area contributed by atoms with Crippen LogP contribution in [0.15, 0.2) is 0 Å². The van der Waals surface area contributed by atoms with Gasteiger partial charge in [0.25, 0.3) is 0 Å². The number of carbonyl (C=O) groups excluding carboxylic acids is 1. The molecule has 14 heteroatoms. The summed E-state index contributed by atoms with van der Waals surface area (Å²) in [6.45, 7) is -1.05. The summed E-state index contributed by atoms with van der Waals surface area (Å²) < 4.78 is 22.2. The third-order valence-electron chi connectivity index (χ3n) is 6.21. The summed E-state index contributed by atoms with van der Waals surface area (Å²) in [6, 6.07) is 0. The van der Waals surface area contributed by atoms with Gasteiger partial charge in [-0.3, -0.25) is 10.2 Å². The number of hydrazine groups is 1. The number of nitrogens with one attached hydrogen (secondary N) is 1. The maximum atomic E-state index is 11.1. The van der Waals surface area contributed by atoms with Gasteiger partial charge >= 0.3 is 0 Å². The Balaban J connectivity index is 1.86. The van der Waals surface area contributed by atoms with Crippen LogP contribution in [0.2, 0.25) is 0 Å². The zero-order valence-corrected chi connectivity index (χ0v) is 19.6. The van der Waals surface area contributed by atoms with Gasteiger partial charge in [0.05, 0.1) is 13.2 Å². The molecular weight excluding hydrogens is 472 g/mol. The monoisotopic (exact) mass is 512 g/mol. The van der Waals surface area contributed by atoms with Gasteiger partial charge in [-0.15, -0.1) is 0 Å². The maximum Gasteiger partial charge on any atom is 0.233 e. The van der Waals surface area contributed by atoms with Crippen LogP contribution in [0.3, 0.4) is 0 Å². The van der Waals surface area contributed by atoms with Crippen molar-refractivity contribution in [2.75, 3.05) is 19.8 Å². The lowest BCUT2D eigenvalue weighted by Crippen LogP contribution is -2.64. The van der Waals surface area contributed by atoms with Crippen molar-refractivity contribution in [1.29, 1.82) is 0 Å². The van der Waals surface area contributed by atoms with Crippen molar-refractivity contribution in [3.05, 3.63) is 0 Å². The Labute approximate surface area is 203 Å². The largest absolute Gasteiger partial charge is 0.394 e. The van der Waals surface area contributed by atoms with Gasteiger partial charge < -0.3 is 54.7 Å². The van der Waals surface area contributed by atoms with Crippen LogP contribution in [0.1, 0.15) is 44.9 Å². The summed E-state index contributed by atoms with van der Waals surface area (Å²) in [5.41, 5.74) is 2.09. The van der Waals surface area contributed by atoms with Crippen molar-refractivity contribution in [3.63, 3.8) is 0 Å². The van der Waals surface area contributed by atoms with Crippen LogP contribution in [-0.2, 0) is 23.7 Å².